The van der Waals surface area contributed by atoms with Crippen LogP contribution in [0.2, 0.25) is 5.21 Å². The molecule has 140 valence electrons. The fourth-order valence-electron chi connectivity index (χ4n) is 3.88. The van der Waals surface area contributed by atoms with Gasteiger partial charge < -0.3 is 0 Å². The van der Waals surface area contributed by atoms with Crippen molar-refractivity contribution in [3.05, 3.63) is 64.7 Å². The fourth-order valence-corrected chi connectivity index (χ4v) is 4.89. The van der Waals surface area contributed by atoms with Crippen molar-refractivity contribution in [2.75, 3.05) is 20.8 Å². The summed E-state index contributed by atoms with van der Waals surface area (Å²) in [5.41, 5.74) is 6.46. The smallest absolute Gasteiger partial charge is 0.147 e. The van der Waals surface area contributed by atoms with E-state index in [0.29, 0.717) is 6.42 Å². The molecule has 0 heterocycles. The van der Waals surface area contributed by atoms with Gasteiger partial charge in [-0.15, -0.1) is 12.4 Å². The number of benzene rings is 2. The first-order valence-electron chi connectivity index (χ1n) is 8.57. The van der Waals surface area contributed by atoms with Crippen LogP contribution in [0.15, 0.2) is 48.0 Å². The zero-order valence-corrected chi connectivity index (χ0v) is 18.4. The quantitative estimate of drug-likeness (QED) is 0.703. The average molecular weight is 437 g/mol. The molecule has 1 aliphatic rings. The second kappa shape index (κ2) is 9.50. The molecular weight excluding hydrogens is 411 g/mol. The van der Waals surface area contributed by atoms with Crippen LogP contribution in [0, 0.1) is 0 Å². The zero-order valence-electron chi connectivity index (χ0n) is 15.2. The van der Waals surface area contributed by atoms with Crippen LogP contribution < -0.4 is 9.47 Å². The number of rotatable bonds is 6. The van der Waals surface area contributed by atoms with Crippen LogP contribution in [0.5, 0.6) is 11.5 Å². The summed E-state index contributed by atoms with van der Waals surface area (Å²) in [5.74, 6) is 1.88. The molecule has 1 N–H and O–H groups in total. The van der Waals surface area contributed by atoms with E-state index in [4.69, 9.17) is 9.47 Å². The first kappa shape index (κ1) is 20.9. The molecule has 2 unspecified atom stereocenters. The van der Waals surface area contributed by atoms with E-state index >= 15 is 0 Å². The first-order valence-corrected chi connectivity index (χ1v) is 10.3. The van der Waals surface area contributed by atoms with Gasteiger partial charge in [0.05, 0.1) is 0 Å². The van der Waals surface area contributed by atoms with E-state index in [1.165, 1.54) is 27.8 Å². The molecule has 2 aromatic carbocycles. The van der Waals surface area contributed by atoms with Crippen molar-refractivity contribution in [3.8, 4) is 11.5 Å². The first-order chi connectivity index (χ1) is 12.2. The van der Waals surface area contributed by atoms with Gasteiger partial charge in [-0.1, -0.05) is 0 Å². The Balaban J connectivity index is 0.00000243. The van der Waals surface area contributed by atoms with Gasteiger partial charge in [0, 0.05) is 0 Å². The van der Waals surface area contributed by atoms with Crippen LogP contribution in [0.3, 0.4) is 0 Å². The number of aliphatic hydroxyl groups is 1. The molecule has 0 fully saturated rings. The summed E-state index contributed by atoms with van der Waals surface area (Å²) >= 11 is 1.69. The average Bonchev–Trinajstić information content (AvgIpc) is 2.67. The molecule has 26 heavy (non-hydrogen) atoms. The molecule has 0 saturated carbocycles. The molecule has 3 rings (SSSR count). The number of fused-ring (bicyclic) bond motifs is 1. The Morgan fingerprint density at radius 2 is 1.81 bits per heavy atom. The minimum atomic E-state index is 0. The summed E-state index contributed by atoms with van der Waals surface area (Å²) in [5, 5.41) is 10.6. The zero-order chi connectivity index (χ0) is 17.8. The second-order valence-electron chi connectivity index (χ2n) is 6.18. The van der Waals surface area contributed by atoms with Crippen molar-refractivity contribution >= 4 is 34.8 Å². The molecular formula is C21H26AsClO3. The van der Waals surface area contributed by atoms with Crippen LogP contribution in [-0.2, 0) is 6.42 Å². The minimum absolute atomic E-state index is 0. The molecule has 3 nitrogen and oxygen atoms in total. The van der Waals surface area contributed by atoms with Gasteiger partial charge in [0.2, 0.25) is 0 Å². The van der Waals surface area contributed by atoms with Gasteiger partial charge in [-0.25, -0.2) is 0 Å². The fraction of sp³-hybridized carbons (Fsp3) is 0.333. The van der Waals surface area contributed by atoms with Crippen LogP contribution in [-0.4, -0.2) is 42.8 Å². The number of methoxy groups -OCH3 is 2. The van der Waals surface area contributed by atoms with E-state index in [1.54, 1.807) is 31.1 Å². The molecule has 0 spiro atoms. The van der Waals surface area contributed by atoms with E-state index in [0.717, 1.165) is 23.1 Å². The van der Waals surface area contributed by atoms with Gasteiger partial charge in [0.15, 0.2) is 0 Å². The van der Waals surface area contributed by atoms with E-state index in [1.807, 2.05) is 12.1 Å². The Morgan fingerprint density at radius 1 is 1.08 bits per heavy atom. The van der Waals surface area contributed by atoms with Crippen molar-refractivity contribution in [2.24, 2.45) is 0 Å². The van der Waals surface area contributed by atoms with Crippen molar-refractivity contribution in [1.82, 2.24) is 0 Å². The molecule has 0 aliphatic heterocycles. The van der Waals surface area contributed by atoms with Gasteiger partial charge in [0.25, 0.3) is 0 Å². The monoisotopic (exact) mass is 436 g/mol. The molecule has 5 heteroatoms. The van der Waals surface area contributed by atoms with Crippen molar-refractivity contribution in [2.45, 2.75) is 24.0 Å². The van der Waals surface area contributed by atoms with Gasteiger partial charge in [-0.2, -0.15) is 0 Å². The predicted molar refractivity (Wildman–Crippen MR) is 112 cm³/mol. The van der Waals surface area contributed by atoms with E-state index < -0.39 is 0 Å². The molecule has 0 aromatic heterocycles. The van der Waals surface area contributed by atoms with Crippen molar-refractivity contribution < 1.29 is 14.6 Å². The van der Waals surface area contributed by atoms with Gasteiger partial charge in [-0.3, -0.25) is 0 Å². The van der Waals surface area contributed by atoms with Gasteiger partial charge >= 0.3 is 158 Å². The van der Waals surface area contributed by atoms with Crippen molar-refractivity contribution in [3.63, 3.8) is 0 Å². The van der Waals surface area contributed by atoms with Crippen LogP contribution in [0.25, 0.3) is 5.57 Å². The molecule has 2 aromatic rings. The van der Waals surface area contributed by atoms with Gasteiger partial charge in [0.1, 0.15) is 0 Å². The standard InChI is InChI=1S/C21H25AsO3.ClH/c1-24-20-9-8-15-18(21(20)25-2)12-17(14-6-4-3-5-7-14)16(10-11-23)19(15)13-22;/h3-9,17,23H,10-13,22H2,1-2H3;1H. The molecule has 0 radical (unpaired) electrons. The minimum Gasteiger partial charge on any atom is -0.147 e. The molecule has 1 aliphatic carbocycles. The summed E-state index contributed by atoms with van der Waals surface area (Å²) in [7, 11) is 3.39. The van der Waals surface area contributed by atoms with E-state index in [2.05, 4.69) is 30.3 Å². The third-order valence-electron chi connectivity index (χ3n) is 4.98. The largest absolute Gasteiger partial charge is 0.147 e. The number of hydrogen-bond acceptors (Lipinski definition) is 3. The SMILES string of the molecule is COc1ccc2c(c1OC)CC(c1ccccc1)C(CCO)=C2C[AsH2].Cl. The number of ether oxygens (including phenoxy) is 2. The molecule has 0 amide bonds. The Labute approximate surface area is 170 Å². The summed E-state index contributed by atoms with van der Waals surface area (Å²) in [4.78, 5) is 0. The number of allylic oxidation sites excluding steroid dienone is 1. The Morgan fingerprint density at radius 3 is 2.38 bits per heavy atom. The van der Waals surface area contributed by atoms with Crippen molar-refractivity contribution in [1.29, 1.82) is 0 Å². The topological polar surface area (TPSA) is 38.7 Å². The third-order valence-corrected chi connectivity index (χ3v) is 5.83. The Hall–Kier alpha value is -1.41. The van der Waals surface area contributed by atoms with Gasteiger partial charge in [-0.05, 0) is 0 Å². The summed E-state index contributed by atoms with van der Waals surface area (Å²) < 4.78 is 11.2. The van der Waals surface area contributed by atoms with Crippen LogP contribution >= 0.6 is 12.4 Å². The maximum atomic E-state index is 9.65. The summed E-state index contributed by atoms with van der Waals surface area (Å²) in [6, 6.07) is 14.7. The maximum absolute atomic E-state index is 9.65. The van der Waals surface area contributed by atoms with Crippen LogP contribution in [0.4, 0.5) is 0 Å². The molecule has 2 atom stereocenters. The summed E-state index contributed by atoms with van der Waals surface area (Å²) in [6.45, 7) is 0.178. The summed E-state index contributed by atoms with van der Waals surface area (Å²) in [6.07, 6.45) is 1.58. The maximum Gasteiger partial charge on any atom is -0.147 e. The Bertz CT molecular complexity index is 774. The molecule has 0 saturated heterocycles. The van der Waals surface area contributed by atoms with Crippen LogP contribution in [0.1, 0.15) is 29.0 Å². The normalized spacial score (nSPS) is 15.9. The second-order valence-corrected chi connectivity index (χ2v) is 7.03. The number of halogens is 1. The number of hydrogen-bond donors (Lipinski definition) is 1. The Kier molecular flexibility index (Phi) is 7.64. The van der Waals surface area contributed by atoms with E-state index in [9.17, 15) is 5.11 Å². The molecule has 0 bridgehead atoms. The third kappa shape index (κ3) is 3.81. The predicted octanol–water partition coefficient (Wildman–Crippen LogP) is 3.65. The van der Waals surface area contributed by atoms with E-state index in [-0.39, 0.29) is 24.9 Å². The number of aliphatic hydroxyl groups excluding tert-OH is 1.